The first-order valence-corrected chi connectivity index (χ1v) is 8.15. The molecule has 0 fully saturated rings. The second-order valence-corrected chi connectivity index (χ2v) is 5.72. The van der Waals surface area contributed by atoms with Crippen LogP contribution in [0.4, 0.5) is 5.82 Å². The van der Waals surface area contributed by atoms with Crippen LogP contribution in [-0.2, 0) is 9.53 Å². The van der Waals surface area contributed by atoms with E-state index in [1.54, 1.807) is 43.3 Å². The minimum atomic E-state index is -0.629. The summed E-state index contributed by atoms with van der Waals surface area (Å²) >= 11 is 0. The fraction of sp³-hybridized carbons (Fsp3) is 0.100. The van der Waals surface area contributed by atoms with Crippen LogP contribution >= 0.6 is 0 Å². The first-order valence-electron chi connectivity index (χ1n) is 8.15. The van der Waals surface area contributed by atoms with E-state index >= 15 is 0 Å². The zero-order valence-electron chi connectivity index (χ0n) is 15.1. The number of furan rings is 1. The van der Waals surface area contributed by atoms with Crippen LogP contribution in [0.5, 0.6) is 0 Å². The Morgan fingerprint density at radius 2 is 1.96 bits per heavy atom. The zero-order chi connectivity index (χ0) is 20.1. The highest BCUT2D eigenvalue weighted by atomic mass is 16.5. The Hall–Kier alpha value is -4.12. The summed E-state index contributed by atoms with van der Waals surface area (Å²) in [5.41, 5.74) is 1.00. The first kappa shape index (κ1) is 18.7. The Morgan fingerprint density at radius 1 is 1.21 bits per heavy atom. The van der Waals surface area contributed by atoms with Crippen molar-refractivity contribution in [1.29, 1.82) is 5.26 Å². The molecule has 0 atom stereocenters. The lowest BCUT2D eigenvalue weighted by atomic mass is 10.1. The molecule has 1 N–H and O–H groups in total. The predicted octanol–water partition coefficient (Wildman–Crippen LogP) is 3.58. The van der Waals surface area contributed by atoms with Crippen LogP contribution in [-0.4, -0.2) is 24.1 Å². The van der Waals surface area contributed by atoms with Gasteiger partial charge >= 0.3 is 5.97 Å². The topological polar surface area (TPSA) is 118 Å². The number of aryl methyl sites for hydroxylation is 1. The van der Waals surface area contributed by atoms with Crippen molar-refractivity contribution in [3.63, 3.8) is 0 Å². The van der Waals surface area contributed by atoms with Gasteiger partial charge in [0, 0.05) is 17.7 Å². The molecule has 28 heavy (non-hydrogen) atoms. The van der Waals surface area contributed by atoms with Crippen LogP contribution in [0.25, 0.3) is 17.4 Å². The van der Waals surface area contributed by atoms with Crippen molar-refractivity contribution < 1.29 is 23.3 Å². The highest BCUT2D eigenvalue weighted by Crippen LogP contribution is 2.24. The van der Waals surface area contributed by atoms with Crippen LogP contribution in [0, 0.1) is 18.3 Å². The minimum absolute atomic E-state index is 0.150. The number of anilines is 1. The molecule has 2 heterocycles. The van der Waals surface area contributed by atoms with Gasteiger partial charge in [0.25, 0.3) is 5.91 Å². The van der Waals surface area contributed by atoms with E-state index in [9.17, 15) is 14.9 Å². The molecule has 0 bridgehead atoms. The number of methoxy groups -OCH3 is 1. The Kier molecular flexibility index (Phi) is 5.37. The average Bonchev–Trinajstić information content (AvgIpc) is 3.34. The molecule has 1 aromatic carbocycles. The predicted molar refractivity (Wildman–Crippen MR) is 98.9 cm³/mol. The Balaban J connectivity index is 1.77. The van der Waals surface area contributed by atoms with E-state index in [4.69, 9.17) is 8.94 Å². The maximum Gasteiger partial charge on any atom is 0.337 e. The van der Waals surface area contributed by atoms with Crippen LogP contribution in [0.3, 0.4) is 0 Å². The van der Waals surface area contributed by atoms with Crippen molar-refractivity contribution in [2.24, 2.45) is 0 Å². The van der Waals surface area contributed by atoms with Crippen molar-refractivity contribution >= 4 is 23.8 Å². The van der Waals surface area contributed by atoms with E-state index in [-0.39, 0.29) is 11.4 Å². The van der Waals surface area contributed by atoms with E-state index in [2.05, 4.69) is 15.2 Å². The van der Waals surface area contributed by atoms with Crippen LogP contribution in [0.1, 0.15) is 21.9 Å². The number of benzene rings is 1. The Morgan fingerprint density at radius 3 is 2.57 bits per heavy atom. The molecule has 0 radical (unpaired) electrons. The lowest BCUT2D eigenvalue weighted by molar-refractivity contribution is -0.112. The van der Waals surface area contributed by atoms with Crippen LogP contribution in [0.2, 0.25) is 0 Å². The third kappa shape index (κ3) is 4.16. The van der Waals surface area contributed by atoms with Gasteiger partial charge in [-0.15, -0.1) is 0 Å². The molecular weight excluding hydrogens is 362 g/mol. The van der Waals surface area contributed by atoms with E-state index < -0.39 is 11.9 Å². The van der Waals surface area contributed by atoms with E-state index in [1.165, 1.54) is 19.3 Å². The van der Waals surface area contributed by atoms with E-state index in [1.807, 2.05) is 6.07 Å². The molecule has 0 saturated heterocycles. The molecule has 140 valence electrons. The molecule has 3 rings (SSSR count). The Bertz CT molecular complexity index is 1080. The number of carbonyl (C=O) groups is 2. The maximum absolute atomic E-state index is 12.2. The van der Waals surface area contributed by atoms with Gasteiger partial charge in [0.05, 0.1) is 12.7 Å². The molecular formula is C20H15N3O5. The number of carbonyl (C=O) groups excluding carboxylic acids is 2. The smallest absolute Gasteiger partial charge is 0.337 e. The Labute approximate surface area is 160 Å². The van der Waals surface area contributed by atoms with Gasteiger partial charge in [0.1, 0.15) is 28.9 Å². The van der Waals surface area contributed by atoms with Crippen LogP contribution in [0.15, 0.2) is 57.0 Å². The largest absolute Gasteiger partial charge is 0.465 e. The summed E-state index contributed by atoms with van der Waals surface area (Å²) in [7, 11) is 1.31. The summed E-state index contributed by atoms with van der Waals surface area (Å²) in [5, 5.41) is 15.4. The molecule has 0 spiro atoms. The number of hydrogen-bond acceptors (Lipinski definition) is 7. The summed E-state index contributed by atoms with van der Waals surface area (Å²) in [6.07, 6.45) is 1.33. The molecule has 3 aromatic rings. The number of nitrogens with one attached hydrogen (secondary N) is 1. The van der Waals surface area contributed by atoms with Crippen molar-refractivity contribution in [2.45, 2.75) is 6.92 Å². The number of nitrogens with zero attached hydrogens (tertiary/aromatic N) is 2. The third-order valence-electron chi connectivity index (χ3n) is 3.74. The lowest BCUT2D eigenvalue weighted by Crippen LogP contribution is -2.13. The highest BCUT2D eigenvalue weighted by Gasteiger charge is 2.13. The van der Waals surface area contributed by atoms with Gasteiger partial charge in [-0.1, -0.05) is 17.3 Å². The van der Waals surface area contributed by atoms with Crippen molar-refractivity contribution in [2.75, 3.05) is 12.4 Å². The quantitative estimate of drug-likeness (QED) is 0.410. The molecule has 0 unspecified atom stereocenters. The number of hydrogen-bond donors (Lipinski definition) is 1. The van der Waals surface area contributed by atoms with Crippen molar-refractivity contribution in [3.05, 3.63) is 65.1 Å². The second kappa shape index (κ2) is 8.05. The SMILES string of the molecule is COC(=O)c1ccc(-c2ccc(/C=C(/C#N)C(=O)Nc3cc(C)on3)o2)cc1. The number of ether oxygens (including phenoxy) is 1. The summed E-state index contributed by atoms with van der Waals surface area (Å²) < 4.78 is 15.2. The first-order chi connectivity index (χ1) is 13.5. The van der Waals surface area contributed by atoms with E-state index in [0.717, 1.165) is 5.56 Å². The summed E-state index contributed by atoms with van der Waals surface area (Å²) in [6.45, 7) is 1.69. The highest BCUT2D eigenvalue weighted by molar-refractivity contribution is 6.09. The third-order valence-corrected chi connectivity index (χ3v) is 3.74. The fourth-order valence-corrected chi connectivity index (χ4v) is 2.37. The van der Waals surface area contributed by atoms with Crippen LogP contribution < -0.4 is 5.32 Å². The molecule has 0 saturated carbocycles. The molecule has 0 aliphatic heterocycles. The van der Waals surface area contributed by atoms with Gasteiger partial charge in [-0.25, -0.2) is 4.79 Å². The average molecular weight is 377 g/mol. The molecule has 0 aliphatic rings. The molecule has 8 nitrogen and oxygen atoms in total. The summed E-state index contributed by atoms with van der Waals surface area (Å²) in [5.74, 6) is 0.543. The number of nitriles is 1. The molecule has 2 aromatic heterocycles. The van der Waals surface area contributed by atoms with Gasteiger partial charge in [0.15, 0.2) is 5.82 Å². The number of esters is 1. The lowest BCUT2D eigenvalue weighted by Gasteiger charge is -2.01. The monoisotopic (exact) mass is 377 g/mol. The van der Waals surface area contributed by atoms with Gasteiger partial charge in [-0.05, 0) is 31.2 Å². The fourth-order valence-electron chi connectivity index (χ4n) is 2.37. The second-order valence-electron chi connectivity index (χ2n) is 5.72. The number of rotatable bonds is 5. The standard InChI is InChI=1S/C20H15N3O5/c1-12-9-18(23-28-12)22-19(24)15(11-21)10-16-7-8-17(27-16)13-3-5-14(6-4-13)20(25)26-2/h3-10H,1-2H3,(H,22,23,24)/b15-10-. The summed E-state index contributed by atoms with van der Waals surface area (Å²) in [6, 6.07) is 13.4. The number of amides is 1. The summed E-state index contributed by atoms with van der Waals surface area (Å²) in [4.78, 5) is 23.7. The van der Waals surface area contributed by atoms with Gasteiger partial charge < -0.3 is 19.0 Å². The molecule has 0 aliphatic carbocycles. The normalized spacial score (nSPS) is 11.0. The van der Waals surface area contributed by atoms with Crippen molar-refractivity contribution in [3.8, 4) is 17.4 Å². The van der Waals surface area contributed by atoms with Gasteiger partial charge in [-0.3, -0.25) is 4.79 Å². The van der Waals surface area contributed by atoms with Crippen molar-refractivity contribution in [1.82, 2.24) is 5.16 Å². The maximum atomic E-state index is 12.2. The zero-order valence-corrected chi connectivity index (χ0v) is 15.1. The van der Waals surface area contributed by atoms with E-state index in [0.29, 0.717) is 22.8 Å². The molecule has 8 heteroatoms. The van der Waals surface area contributed by atoms with Gasteiger partial charge in [-0.2, -0.15) is 5.26 Å². The minimum Gasteiger partial charge on any atom is -0.465 e. The molecule has 1 amide bonds. The van der Waals surface area contributed by atoms with Gasteiger partial charge in [0.2, 0.25) is 0 Å². The number of aromatic nitrogens is 1.